The maximum absolute atomic E-state index is 12.3. The van der Waals surface area contributed by atoms with Gasteiger partial charge >= 0.3 is 0 Å². The maximum atomic E-state index is 12.3. The van der Waals surface area contributed by atoms with Gasteiger partial charge in [-0.05, 0) is 20.3 Å². The molecule has 1 fully saturated rings. The van der Waals surface area contributed by atoms with Crippen LogP contribution in [0.15, 0.2) is 6.20 Å². The van der Waals surface area contributed by atoms with E-state index in [1.165, 1.54) is 0 Å². The number of hydrogen-bond acceptors (Lipinski definition) is 3. The number of ether oxygens (including phenoxy) is 1. The molecule has 0 aromatic carbocycles. The molecule has 0 radical (unpaired) electrons. The molecular formula is C13H19N3O2. The summed E-state index contributed by atoms with van der Waals surface area (Å²) in [5.41, 5.74) is 1.80. The number of rotatable bonds is 1. The number of amides is 1. The molecule has 0 N–H and O–H groups in total. The van der Waals surface area contributed by atoms with Crippen LogP contribution >= 0.6 is 0 Å². The first-order valence-electron chi connectivity index (χ1n) is 6.42. The topological polar surface area (TPSA) is 47.4 Å². The summed E-state index contributed by atoms with van der Waals surface area (Å²) in [4.78, 5) is 14.1. The lowest BCUT2D eigenvalue weighted by molar-refractivity contribution is -0.118. The predicted molar refractivity (Wildman–Crippen MR) is 66.5 cm³/mol. The molecule has 18 heavy (non-hydrogen) atoms. The van der Waals surface area contributed by atoms with Crippen LogP contribution in [-0.2, 0) is 11.2 Å². The Bertz CT molecular complexity index is 488. The first-order chi connectivity index (χ1) is 8.51. The molecule has 1 saturated heterocycles. The Morgan fingerprint density at radius 1 is 1.44 bits per heavy atom. The van der Waals surface area contributed by atoms with Gasteiger partial charge in [0.05, 0.1) is 13.2 Å². The molecule has 2 aliphatic rings. The summed E-state index contributed by atoms with van der Waals surface area (Å²) in [7, 11) is 1.85. The Hall–Kier alpha value is -1.36. The Morgan fingerprint density at radius 2 is 2.17 bits per heavy atom. The van der Waals surface area contributed by atoms with Crippen LogP contribution in [0.4, 0.5) is 0 Å². The summed E-state index contributed by atoms with van der Waals surface area (Å²) in [5.74, 6) is 0.0353. The van der Waals surface area contributed by atoms with E-state index < -0.39 is 0 Å². The number of nitrogens with zero attached hydrogens (tertiary/aromatic N) is 3. The summed E-state index contributed by atoms with van der Waals surface area (Å²) in [6, 6.07) is 0.281. The van der Waals surface area contributed by atoms with Crippen molar-refractivity contribution in [3.63, 3.8) is 0 Å². The van der Waals surface area contributed by atoms with E-state index in [0.717, 1.165) is 31.7 Å². The molecule has 0 atom stereocenters. The minimum Gasteiger partial charge on any atom is -0.380 e. The van der Waals surface area contributed by atoms with Crippen molar-refractivity contribution in [2.75, 3.05) is 26.8 Å². The van der Waals surface area contributed by atoms with Gasteiger partial charge in [-0.25, -0.2) is 0 Å². The molecule has 5 heteroatoms. The molecule has 5 nitrogen and oxygen atoms in total. The Labute approximate surface area is 107 Å². The molecule has 1 spiro atoms. The van der Waals surface area contributed by atoms with Crippen molar-refractivity contribution in [3.05, 3.63) is 17.5 Å². The second kappa shape index (κ2) is 3.82. The standard InChI is InChI=1S/C13H19N3O2/c1-9(2)16-5-10-4-13(7-18-8-13)6-15(3)12(17)11(10)14-16/h5,9H,4,6-8H2,1-3H3. The second-order valence-corrected chi connectivity index (χ2v) is 5.91. The molecular weight excluding hydrogens is 230 g/mol. The molecule has 1 amide bonds. The van der Waals surface area contributed by atoms with Gasteiger partial charge in [-0.3, -0.25) is 9.48 Å². The highest BCUT2D eigenvalue weighted by atomic mass is 16.5. The van der Waals surface area contributed by atoms with Crippen molar-refractivity contribution < 1.29 is 9.53 Å². The fourth-order valence-electron chi connectivity index (χ4n) is 2.80. The van der Waals surface area contributed by atoms with Gasteiger partial charge in [-0.1, -0.05) is 0 Å². The van der Waals surface area contributed by atoms with Crippen LogP contribution in [0.2, 0.25) is 0 Å². The van der Waals surface area contributed by atoms with E-state index in [-0.39, 0.29) is 17.4 Å². The number of fused-ring (bicyclic) bond motifs is 1. The van der Waals surface area contributed by atoms with Crippen LogP contribution in [0.3, 0.4) is 0 Å². The molecule has 3 rings (SSSR count). The average molecular weight is 249 g/mol. The zero-order valence-corrected chi connectivity index (χ0v) is 11.1. The lowest BCUT2D eigenvalue weighted by Crippen LogP contribution is -2.51. The summed E-state index contributed by atoms with van der Waals surface area (Å²) in [5, 5.41) is 4.45. The van der Waals surface area contributed by atoms with Gasteiger partial charge < -0.3 is 9.64 Å². The third-order valence-electron chi connectivity index (χ3n) is 3.84. The van der Waals surface area contributed by atoms with E-state index in [1.807, 2.05) is 17.9 Å². The van der Waals surface area contributed by atoms with Crippen molar-refractivity contribution >= 4 is 5.91 Å². The van der Waals surface area contributed by atoms with Gasteiger partial charge in [0.25, 0.3) is 5.91 Å². The first kappa shape index (κ1) is 11.7. The fraction of sp³-hybridized carbons (Fsp3) is 0.692. The Kier molecular flexibility index (Phi) is 2.48. The van der Waals surface area contributed by atoms with Crippen LogP contribution in [0.5, 0.6) is 0 Å². The lowest BCUT2D eigenvalue weighted by Gasteiger charge is -2.42. The summed E-state index contributed by atoms with van der Waals surface area (Å²) in [6.07, 6.45) is 2.92. The van der Waals surface area contributed by atoms with E-state index in [2.05, 4.69) is 18.9 Å². The molecule has 0 bridgehead atoms. The van der Waals surface area contributed by atoms with Gasteiger partial charge in [0, 0.05) is 36.8 Å². The van der Waals surface area contributed by atoms with Crippen molar-refractivity contribution in [2.24, 2.45) is 5.41 Å². The van der Waals surface area contributed by atoms with Crippen LogP contribution in [0.1, 0.15) is 35.9 Å². The number of carbonyl (C=O) groups is 1. The Balaban J connectivity index is 2.02. The zero-order valence-electron chi connectivity index (χ0n) is 11.1. The third-order valence-corrected chi connectivity index (χ3v) is 3.84. The summed E-state index contributed by atoms with van der Waals surface area (Å²) >= 11 is 0. The molecule has 2 aliphatic heterocycles. The molecule has 0 unspecified atom stereocenters. The Morgan fingerprint density at radius 3 is 2.72 bits per heavy atom. The van der Waals surface area contributed by atoms with Gasteiger partial charge in [0.2, 0.25) is 0 Å². The first-order valence-corrected chi connectivity index (χ1v) is 6.42. The lowest BCUT2D eigenvalue weighted by atomic mass is 9.80. The highest BCUT2D eigenvalue weighted by Gasteiger charge is 2.44. The second-order valence-electron chi connectivity index (χ2n) is 5.91. The maximum Gasteiger partial charge on any atom is 0.274 e. The summed E-state index contributed by atoms with van der Waals surface area (Å²) < 4.78 is 7.24. The van der Waals surface area contributed by atoms with Gasteiger partial charge in [0.1, 0.15) is 0 Å². The molecule has 1 aromatic rings. The number of hydrogen-bond donors (Lipinski definition) is 0. The van der Waals surface area contributed by atoms with E-state index in [0.29, 0.717) is 5.69 Å². The molecule has 1 aromatic heterocycles. The molecule has 0 saturated carbocycles. The van der Waals surface area contributed by atoms with E-state index in [9.17, 15) is 4.79 Å². The van der Waals surface area contributed by atoms with Crippen LogP contribution in [0, 0.1) is 5.41 Å². The van der Waals surface area contributed by atoms with Crippen molar-refractivity contribution in [3.8, 4) is 0 Å². The van der Waals surface area contributed by atoms with Crippen LogP contribution in [-0.4, -0.2) is 47.4 Å². The SMILES string of the molecule is CC(C)n1cc2c(n1)C(=O)N(C)CC1(COC1)C2. The van der Waals surface area contributed by atoms with Crippen molar-refractivity contribution in [1.82, 2.24) is 14.7 Å². The van der Waals surface area contributed by atoms with Crippen molar-refractivity contribution in [2.45, 2.75) is 26.3 Å². The van der Waals surface area contributed by atoms with Crippen LogP contribution < -0.4 is 0 Å². The van der Waals surface area contributed by atoms with E-state index >= 15 is 0 Å². The average Bonchev–Trinajstić information content (AvgIpc) is 2.64. The van der Waals surface area contributed by atoms with E-state index in [4.69, 9.17) is 4.74 Å². The normalized spacial score (nSPS) is 22.0. The fourth-order valence-corrected chi connectivity index (χ4v) is 2.80. The number of carbonyl (C=O) groups excluding carboxylic acids is 1. The zero-order chi connectivity index (χ0) is 12.9. The summed E-state index contributed by atoms with van der Waals surface area (Å²) in [6.45, 7) is 6.41. The van der Waals surface area contributed by atoms with E-state index in [1.54, 1.807) is 4.90 Å². The quantitative estimate of drug-likeness (QED) is 0.749. The highest BCUT2D eigenvalue weighted by Crippen LogP contribution is 2.36. The molecule has 3 heterocycles. The van der Waals surface area contributed by atoms with Crippen LogP contribution in [0.25, 0.3) is 0 Å². The minimum atomic E-state index is 0.0353. The molecule has 0 aliphatic carbocycles. The van der Waals surface area contributed by atoms with Gasteiger partial charge in [-0.2, -0.15) is 5.10 Å². The highest BCUT2D eigenvalue weighted by molar-refractivity contribution is 5.94. The van der Waals surface area contributed by atoms with Crippen molar-refractivity contribution in [1.29, 1.82) is 0 Å². The monoisotopic (exact) mass is 249 g/mol. The smallest absolute Gasteiger partial charge is 0.274 e. The molecule has 98 valence electrons. The third kappa shape index (κ3) is 1.65. The van der Waals surface area contributed by atoms with Gasteiger partial charge in [-0.15, -0.1) is 0 Å². The number of aromatic nitrogens is 2. The predicted octanol–water partition coefficient (Wildman–Crippen LogP) is 1.11. The minimum absolute atomic E-state index is 0.0353. The largest absolute Gasteiger partial charge is 0.380 e. The van der Waals surface area contributed by atoms with Gasteiger partial charge in [0.15, 0.2) is 5.69 Å².